The van der Waals surface area contributed by atoms with Gasteiger partial charge in [0.25, 0.3) is 0 Å². The van der Waals surface area contributed by atoms with Crippen molar-refractivity contribution in [2.24, 2.45) is 17.8 Å². The van der Waals surface area contributed by atoms with Gasteiger partial charge in [-0.3, -0.25) is 0 Å². The van der Waals surface area contributed by atoms with E-state index in [0.29, 0.717) is 4.75 Å². The van der Waals surface area contributed by atoms with Gasteiger partial charge in [0.15, 0.2) is 0 Å². The molecule has 0 heterocycles. The molecule has 2 aliphatic carbocycles. The zero-order valence-electron chi connectivity index (χ0n) is 8.21. The highest BCUT2D eigenvalue weighted by atomic mass is 32.1. The van der Waals surface area contributed by atoms with Crippen molar-refractivity contribution < 1.29 is 0 Å². The van der Waals surface area contributed by atoms with Crippen LogP contribution in [0.15, 0.2) is 0 Å². The maximum atomic E-state index is 4.75. The highest BCUT2D eigenvalue weighted by Crippen LogP contribution is 2.48. The molecule has 2 unspecified atom stereocenters. The van der Waals surface area contributed by atoms with Crippen LogP contribution < -0.4 is 0 Å². The molecule has 2 rings (SSSR count). The first kappa shape index (κ1) is 8.93. The van der Waals surface area contributed by atoms with Crippen molar-refractivity contribution in [2.45, 2.75) is 50.7 Å². The first-order valence-corrected chi connectivity index (χ1v) is 5.72. The van der Waals surface area contributed by atoms with Gasteiger partial charge in [0.2, 0.25) is 0 Å². The van der Waals surface area contributed by atoms with Gasteiger partial charge in [0.1, 0.15) is 0 Å². The first-order valence-electron chi connectivity index (χ1n) is 5.27. The van der Waals surface area contributed by atoms with E-state index in [1.165, 1.54) is 32.1 Å². The smallest absolute Gasteiger partial charge is 0.0107 e. The minimum absolute atomic E-state index is 0.355. The molecule has 0 nitrogen and oxygen atoms in total. The van der Waals surface area contributed by atoms with E-state index in [-0.39, 0.29) is 0 Å². The molecule has 2 fully saturated rings. The van der Waals surface area contributed by atoms with Crippen LogP contribution in [0.1, 0.15) is 46.0 Å². The Hall–Kier alpha value is 0.350. The second-order valence-electron chi connectivity index (χ2n) is 5.45. The molecule has 0 saturated heterocycles. The zero-order valence-corrected chi connectivity index (χ0v) is 9.11. The summed E-state index contributed by atoms with van der Waals surface area (Å²) < 4.78 is 0.355. The average molecular weight is 184 g/mol. The molecule has 1 heteroatoms. The Morgan fingerprint density at radius 2 is 1.58 bits per heavy atom. The van der Waals surface area contributed by atoms with Gasteiger partial charge in [-0.25, -0.2) is 0 Å². The summed E-state index contributed by atoms with van der Waals surface area (Å²) >= 11 is 4.75. The summed E-state index contributed by atoms with van der Waals surface area (Å²) in [6.07, 6.45) is 7.15. The standard InChI is InChI=1S/C11H20S/c1-8-3-9-5-10(4-8)7-11(2,12)6-9/h8-10,12H,3-7H2,1-2H3. The summed E-state index contributed by atoms with van der Waals surface area (Å²) in [5.74, 6) is 2.98. The lowest BCUT2D eigenvalue weighted by Crippen LogP contribution is -2.36. The molecule has 0 aromatic carbocycles. The van der Waals surface area contributed by atoms with E-state index in [9.17, 15) is 0 Å². The highest BCUT2D eigenvalue weighted by molar-refractivity contribution is 7.81. The largest absolute Gasteiger partial charge is 0.173 e. The molecule has 2 saturated carbocycles. The summed E-state index contributed by atoms with van der Waals surface area (Å²) in [5, 5.41) is 0. The summed E-state index contributed by atoms with van der Waals surface area (Å²) in [4.78, 5) is 0. The zero-order chi connectivity index (χ0) is 8.77. The molecular weight excluding hydrogens is 164 g/mol. The Balaban J connectivity index is 2.06. The number of thiol groups is 1. The molecule has 0 amide bonds. The fourth-order valence-electron chi connectivity index (χ4n) is 3.56. The quantitative estimate of drug-likeness (QED) is 0.547. The summed E-state index contributed by atoms with van der Waals surface area (Å²) in [6.45, 7) is 4.74. The van der Waals surface area contributed by atoms with E-state index in [4.69, 9.17) is 12.6 Å². The van der Waals surface area contributed by atoms with Gasteiger partial charge in [-0.15, -0.1) is 0 Å². The van der Waals surface area contributed by atoms with Crippen LogP contribution in [-0.2, 0) is 0 Å². The van der Waals surface area contributed by atoms with E-state index >= 15 is 0 Å². The van der Waals surface area contributed by atoms with Gasteiger partial charge in [-0.05, 0) is 49.9 Å². The van der Waals surface area contributed by atoms with E-state index in [1.54, 1.807) is 0 Å². The van der Waals surface area contributed by atoms with Crippen LogP contribution in [0.2, 0.25) is 0 Å². The van der Waals surface area contributed by atoms with Crippen LogP contribution >= 0.6 is 12.6 Å². The normalized spacial score (nSPS) is 53.8. The third-order valence-electron chi connectivity index (χ3n) is 3.59. The fourth-order valence-corrected chi connectivity index (χ4v) is 4.08. The molecule has 0 aromatic heterocycles. The first-order chi connectivity index (χ1) is 5.55. The van der Waals surface area contributed by atoms with Crippen LogP contribution in [0.3, 0.4) is 0 Å². The number of rotatable bonds is 0. The minimum atomic E-state index is 0.355. The predicted octanol–water partition coefficient (Wildman–Crippen LogP) is 3.52. The second-order valence-corrected chi connectivity index (χ2v) is 6.53. The second kappa shape index (κ2) is 2.94. The summed E-state index contributed by atoms with van der Waals surface area (Å²) in [6, 6.07) is 0. The number of fused-ring (bicyclic) bond motifs is 2. The molecule has 0 aliphatic heterocycles. The van der Waals surface area contributed by atoms with E-state index in [2.05, 4.69) is 13.8 Å². The maximum Gasteiger partial charge on any atom is 0.0107 e. The Kier molecular flexibility index (Phi) is 2.18. The van der Waals surface area contributed by atoms with Crippen molar-refractivity contribution in [3.63, 3.8) is 0 Å². The van der Waals surface area contributed by atoms with Gasteiger partial charge in [-0.1, -0.05) is 13.8 Å². The summed E-state index contributed by atoms with van der Waals surface area (Å²) in [5.41, 5.74) is 0. The number of hydrogen-bond acceptors (Lipinski definition) is 1. The predicted molar refractivity (Wildman–Crippen MR) is 56.6 cm³/mol. The van der Waals surface area contributed by atoms with Gasteiger partial charge < -0.3 is 0 Å². The van der Waals surface area contributed by atoms with E-state index in [1.807, 2.05) is 0 Å². The SMILES string of the molecule is CC1CC2CC(C1)CC(C)(S)C2. The highest BCUT2D eigenvalue weighted by Gasteiger charge is 2.38. The van der Waals surface area contributed by atoms with Gasteiger partial charge >= 0.3 is 0 Å². The molecule has 2 atom stereocenters. The van der Waals surface area contributed by atoms with Crippen molar-refractivity contribution in [3.8, 4) is 0 Å². The third-order valence-corrected chi connectivity index (χ3v) is 3.96. The molecule has 0 N–H and O–H groups in total. The lowest BCUT2D eigenvalue weighted by atomic mass is 9.65. The Labute approximate surface area is 81.5 Å². The molecule has 70 valence electrons. The minimum Gasteiger partial charge on any atom is -0.173 e. The monoisotopic (exact) mass is 184 g/mol. The van der Waals surface area contributed by atoms with E-state index in [0.717, 1.165) is 17.8 Å². The van der Waals surface area contributed by atoms with Crippen molar-refractivity contribution in [3.05, 3.63) is 0 Å². The van der Waals surface area contributed by atoms with Crippen LogP contribution in [0.25, 0.3) is 0 Å². The number of hydrogen-bond donors (Lipinski definition) is 1. The van der Waals surface area contributed by atoms with Crippen LogP contribution in [0.5, 0.6) is 0 Å². The third kappa shape index (κ3) is 1.81. The summed E-state index contributed by atoms with van der Waals surface area (Å²) in [7, 11) is 0. The molecule has 0 radical (unpaired) electrons. The van der Waals surface area contributed by atoms with Gasteiger partial charge in [-0.2, -0.15) is 12.6 Å². The van der Waals surface area contributed by atoms with Crippen LogP contribution in [0, 0.1) is 17.8 Å². The van der Waals surface area contributed by atoms with Crippen molar-refractivity contribution in [1.82, 2.24) is 0 Å². The average Bonchev–Trinajstić information content (AvgIpc) is 1.78. The Morgan fingerprint density at radius 3 is 2.08 bits per heavy atom. The van der Waals surface area contributed by atoms with Crippen molar-refractivity contribution >= 4 is 12.6 Å². The molecule has 0 aromatic rings. The van der Waals surface area contributed by atoms with Crippen molar-refractivity contribution in [2.75, 3.05) is 0 Å². The molecule has 0 spiro atoms. The molecule has 12 heavy (non-hydrogen) atoms. The Bertz CT molecular complexity index is 154. The van der Waals surface area contributed by atoms with E-state index < -0.39 is 0 Å². The fraction of sp³-hybridized carbons (Fsp3) is 1.00. The molecular formula is C11H20S. The van der Waals surface area contributed by atoms with Crippen molar-refractivity contribution in [1.29, 1.82) is 0 Å². The maximum absolute atomic E-state index is 4.75. The van der Waals surface area contributed by atoms with Gasteiger partial charge in [0, 0.05) is 4.75 Å². The lowest BCUT2D eigenvalue weighted by molar-refractivity contribution is 0.125. The van der Waals surface area contributed by atoms with Crippen LogP contribution in [-0.4, -0.2) is 4.75 Å². The lowest BCUT2D eigenvalue weighted by Gasteiger charge is -2.45. The topological polar surface area (TPSA) is 0 Å². The van der Waals surface area contributed by atoms with Gasteiger partial charge in [0.05, 0.1) is 0 Å². The molecule has 2 aliphatic rings. The van der Waals surface area contributed by atoms with Crippen LogP contribution in [0.4, 0.5) is 0 Å². The Morgan fingerprint density at radius 1 is 1.08 bits per heavy atom. The molecule has 2 bridgehead atoms.